The van der Waals surface area contributed by atoms with Crippen LogP contribution in [-0.2, 0) is 4.79 Å². The normalized spacial score (nSPS) is 23.9. The van der Waals surface area contributed by atoms with Gasteiger partial charge in [0.1, 0.15) is 11.6 Å². The summed E-state index contributed by atoms with van der Waals surface area (Å²) in [6, 6.07) is 16.2. The van der Waals surface area contributed by atoms with E-state index < -0.39 is 0 Å². The summed E-state index contributed by atoms with van der Waals surface area (Å²) in [5.41, 5.74) is 2.37. The summed E-state index contributed by atoms with van der Waals surface area (Å²) in [4.78, 5) is 17.2. The van der Waals surface area contributed by atoms with Gasteiger partial charge in [-0.05, 0) is 67.0 Å². The third-order valence-electron chi connectivity index (χ3n) is 7.29. The molecular weight excluding hydrogens is 431 g/mol. The lowest BCUT2D eigenvalue weighted by Crippen LogP contribution is -2.25. The fourth-order valence-electron chi connectivity index (χ4n) is 5.60. The molecule has 2 aromatic carbocycles. The average molecular weight is 457 g/mol. The summed E-state index contributed by atoms with van der Waals surface area (Å²) in [7, 11) is 0. The molecule has 0 spiro atoms. The zero-order valence-electron chi connectivity index (χ0n) is 18.8. The number of pyridine rings is 1. The zero-order valence-corrected chi connectivity index (χ0v) is 18.8. The highest BCUT2D eigenvalue weighted by Gasteiger charge is 2.59. The van der Waals surface area contributed by atoms with Crippen LogP contribution in [0, 0.1) is 29.5 Å². The van der Waals surface area contributed by atoms with Crippen LogP contribution in [0.15, 0.2) is 73.2 Å². The SMILES string of the molecule is CC(C(=O)Nc1cnn(-c2ccccc2)c1)[C@@H]1[C@@H]2C[C@@H](Oc3ccnc4ccc(F)cc34)C[C@@H]21. The quantitative estimate of drug-likeness (QED) is 0.431. The van der Waals surface area contributed by atoms with Gasteiger partial charge in [-0.25, -0.2) is 9.07 Å². The van der Waals surface area contributed by atoms with Crippen molar-refractivity contribution in [3.8, 4) is 11.4 Å². The molecule has 2 heterocycles. The summed E-state index contributed by atoms with van der Waals surface area (Å²) in [5, 5.41) is 8.07. The molecule has 0 aliphatic heterocycles. The molecule has 6 rings (SSSR count). The molecule has 2 aliphatic carbocycles. The van der Waals surface area contributed by atoms with Crippen molar-refractivity contribution < 1.29 is 13.9 Å². The Balaban J connectivity index is 1.06. The van der Waals surface area contributed by atoms with Gasteiger partial charge in [0, 0.05) is 17.5 Å². The third kappa shape index (κ3) is 3.81. The lowest BCUT2D eigenvalue weighted by atomic mass is 9.97. The van der Waals surface area contributed by atoms with Gasteiger partial charge in [-0.1, -0.05) is 25.1 Å². The number of ether oxygens (including phenoxy) is 1. The van der Waals surface area contributed by atoms with Crippen LogP contribution >= 0.6 is 0 Å². The molecule has 172 valence electrons. The van der Waals surface area contributed by atoms with E-state index in [0.29, 0.717) is 34.6 Å². The summed E-state index contributed by atoms with van der Waals surface area (Å²) >= 11 is 0. The van der Waals surface area contributed by atoms with Crippen LogP contribution in [0.4, 0.5) is 10.1 Å². The van der Waals surface area contributed by atoms with E-state index >= 15 is 0 Å². The van der Waals surface area contributed by atoms with Crippen molar-refractivity contribution in [2.75, 3.05) is 5.32 Å². The minimum atomic E-state index is -0.297. The third-order valence-corrected chi connectivity index (χ3v) is 7.29. The largest absolute Gasteiger partial charge is 0.490 e. The van der Waals surface area contributed by atoms with Gasteiger partial charge in [0.2, 0.25) is 5.91 Å². The molecule has 1 unspecified atom stereocenters. The van der Waals surface area contributed by atoms with Crippen LogP contribution in [0.3, 0.4) is 0 Å². The van der Waals surface area contributed by atoms with Crippen molar-refractivity contribution in [2.24, 2.45) is 23.7 Å². The number of amides is 1. The molecule has 2 saturated carbocycles. The number of carbonyl (C=O) groups is 1. The lowest BCUT2D eigenvalue weighted by Gasteiger charge is -2.20. The van der Waals surface area contributed by atoms with Crippen LogP contribution in [0.1, 0.15) is 19.8 Å². The number of fused-ring (bicyclic) bond motifs is 2. The Morgan fingerprint density at radius 3 is 2.74 bits per heavy atom. The molecule has 2 aliphatic rings. The highest BCUT2D eigenvalue weighted by Crippen LogP contribution is 2.61. The van der Waals surface area contributed by atoms with Gasteiger partial charge in [0.05, 0.1) is 35.4 Å². The molecular formula is C27H25FN4O2. The van der Waals surface area contributed by atoms with Crippen LogP contribution in [-0.4, -0.2) is 26.8 Å². The molecule has 1 N–H and O–H groups in total. The van der Waals surface area contributed by atoms with Gasteiger partial charge >= 0.3 is 0 Å². The fourth-order valence-corrected chi connectivity index (χ4v) is 5.60. The molecule has 2 fully saturated rings. The Kier molecular flexibility index (Phi) is 5.05. The number of hydrogen-bond donors (Lipinski definition) is 1. The van der Waals surface area contributed by atoms with Crippen molar-refractivity contribution in [3.05, 3.63) is 79.0 Å². The number of hydrogen-bond acceptors (Lipinski definition) is 4. The minimum Gasteiger partial charge on any atom is -0.490 e. The van der Waals surface area contributed by atoms with E-state index in [1.807, 2.05) is 43.5 Å². The maximum absolute atomic E-state index is 13.7. The Bertz CT molecular complexity index is 1340. The summed E-state index contributed by atoms with van der Waals surface area (Å²) in [6.07, 6.45) is 7.12. The molecule has 5 atom stereocenters. The second-order valence-corrected chi connectivity index (χ2v) is 9.37. The number of aromatic nitrogens is 3. The van der Waals surface area contributed by atoms with Crippen LogP contribution in [0.25, 0.3) is 16.6 Å². The van der Waals surface area contributed by atoms with Crippen molar-refractivity contribution >= 4 is 22.5 Å². The van der Waals surface area contributed by atoms with E-state index in [1.54, 1.807) is 29.2 Å². The number of benzene rings is 2. The van der Waals surface area contributed by atoms with Crippen LogP contribution in [0.5, 0.6) is 5.75 Å². The highest BCUT2D eigenvalue weighted by molar-refractivity contribution is 5.92. The standard InChI is InChI=1S/C27H25FN4O2/c1-16(27(33)31-18-14-30-32(15-18)19-5-3-2-4-6-19)26-21-12-20(13-22(21)26)34-25-9-10-29-24-8-7-17(28)11-23(24)25/h2-11,14-16,20-22,26H,12-13H2,1H3,(H,31,33)/t16?,20-,21-,22+,26-. The van der Waals surface area contributed by atoms with Gasteiger partial charge in [-0.15, -0.1) is 0 Å². The molecule has 0 radical (unpaired) electrons. The number of anilines is 1. The predicted molar refractivity (Wildman–Crippen MR) is 127 cm³/mol. The molecule has 0 saturated heterocycles. The number of para-hydroxylation sites is 1. The predicted octanol–water partition coefficient (Wildman–Crippen LogP) is 5.24. The molecule has 7 heteroatoms. The maximum atomic E-state index is 13.7. The van der Waals surface area contributed by atoms with Gasteiger partial charge in [0.15, 0.2) is 0 Å². The van der Waals surface area contributed by atoms with E-state index in [1.165, 1.54) is 12.1 Å². The molecule has 4 aromatic rings. The van der Waals surface area contributed by atoms with Crippen LogP contribution in [0.2, 0.25) is 0 Å². The summed E-state index contributed by atoms with van der Waals surface area (Å²) < 4.78 is 21.7. The lowest BCUT2D eigenvalue weighted by molar-refractivity contribution is -0.120. The molecule has 0 bridgehead atoms. The van der Waals surface area contributed by atoms with E-state index in [-0.39, 0.29) is 23.7 Å². The van der Waals surface area contributed by atoms with E-state index in [2.05, 4.69) is 15.4 Å². The first-order valence-electron chi connectivity index (χ1n) is 11.7. The van der Waals surface area contributed by atoms with Crippen molar-refractivity contribution in [1.29, 1.82) is 0 Å². The van der Waals surface area contributed by atoms with Gasteiger partial charge in [0.25, 0.3) is 0 Å². The summed E-state index contributed by atoms with van der Waals surface area (Å²) in [6.45, 7) is 2.01. The number of rotatable bonds is 6. The second-order valence-electron chi connectivity index (χ2n) is 9.37. The minimum absolute atomic E-state index is 0.0279. The monoisotopic (exact) mass is 456 g/mol. The first-order valence-corrected chi connectivity index (χ1v) is 11.7. The summed E-state index contributed by atoms with van der Waals surface area (Å²) in [5.74, 6) is 1.68. The van der Waals surface area contributed by atoms with Crippen molar-refractivity contribution in [3.63, 3.8) is 0 Å². The Hall–Kier alpha value is -3.74. The topological polar surface area (TPSA) is 69.0 Å². The molecule has 34 heavy (non-hydrogen) atoms. The van der Waals surface area contributed by atoms with Crippen LogP contribution < -0.4 is 10.1 Å². The number of carbonyl (C=O) groups excluding carboxylic acids is 1. The first-order chi connectivity index (χ1) is 16.6. The number of nitrogens with zero attached hydrogens (tertiary/aromatic N) is 3. The van der Waals surface area contributed by atoms with Crippen molar-refractivity contribution in [2.45, 2.75) is 25.9 Å². The Labute approximate surface area is 196 Å². The molecule has 6 nitrogen and oxygen atoms in total. The Morgan fingerprint density at radius 1 is 1.15 bits per heavy atom. The van der Waals surface area contributed by atoms with E-state index in [9.17, 15) is 9.18 Å². The van der Waals surface area contributed by atoms with E-state index in [0.717, 1.165) is 24.0 Å². The average Bonchev–Trinajstić information content (AvgIpc) is 3.15. The fraction of sp³-hybridized carbons (Fsp3) is 0.296. The van der Waals surface area contributed by atoms with Crippen molar-refractivity contribution in [1.82, 2.24) is 14.8 Å². The van der Waals surface area contributed by atoms with E-state index in [4.69, 9.17) is 4.74 Å². The highest BCUT2D eigenvalue weighted by atomic mass is 19.1. The maximum Gasteiger partial charge on any atom is 0.227 e. The second kappa shape index (κ2) is 8.24. The molecule has 1 amide bonds. The zero-order chi connectivity index (χ0) is 23.2. The van der Waals surface area contributed by atoms with Gasteiger partial charge in [-0.2, -0.15) is 5.10 Å². The van der Waals surface area contributed by atoms with Gasteiger partial charge < -0.3 is 10.1 Å². The first kappa shape index (κ1) is 20.8. The smallest absolute Gasteiger partial charge is 0.227 e. The number of halogens is 1. The molecule has 2 aromatic heterocycles. The number of nitrogens with one attached hydrogen (secondary N) is 1. The Morgan fingerprint density at radius 2 is 1.94 bits per heavy atom. The van der Waals surface area contributed by atoms with Gasteiger partial charge in [-0.3, -0.25) is 9.78 Å².